The summed E-state index contributed by atoms with van der Waals surface area (Å²) in [6.45, 7) is 14.8. The summed E-state index contributed by atoms with van der Waals surface area (Å²) >= 11 is 0. The number of carbonyl (C=O) groups excluding carboxylic acids is 1. The third-order valence-corrected chi connectivity index (χ3v) is 12.4. The molecule has 2 aliphatic rings. The molecule has 39 heavy (non-hydrogen) atoms. The predicted octanol–water partition coefficient (Wildman–Crippen LogP) is 4.64. The molecule has 0 unspecified atom stereocenters. The zero-order chi connectivity index (χ0) is 28.2. The maximum atomic E-state index is 12.8. The molecule has 1 aromatic carbocycles. The summed E-state index contributed by atoms with van der Waals surface area (Å²) < 4.78 is 27.1. The SMILES string of the molecule is CC1(C)O[C@H]2[C@@H](O1)[C@](C#N)(c1ccc3c(NC(=O)c4ccccc4)ncnn13)O[C@@H]2CO[Si](C)(C)C(C)(C)C. The van der Waals surface area contributed by atoms with Crippen molar-refractivity contribution in [2.45, 2.75) is 82.5 Å². The Morgan fingerprint density at radius 2 is 1.87 bits per heavy atom. The second kappa shape index (κ2) is 9.50. The number of amides is 1. The van der Waals surface area contributed by atoms with Gasteiger partial charge in [-0.1, -0.05) is 39.0 Å². The van der Waals surface area contributed by atoms with E-state index in [1.54, 1.807) is 40.9 Å². The summed E-state index contributed by atoms with van der Waals surface area (Å²) in [4.78, 5) is 17.1. The highest BCUT2D eigenvalue weighted by atomic mass is 28.4. The Kier molecular flexibility index (Phi) is 6.68. The maximum Gasteiger partial charge on any atom is 0.256 e. The van der Waals surface area contributed by atoms with Gasteiger partial charge >= 0.3 is 0 Å². The van der Waals surface area contributed by atoms with Gasteiger partial charge in [0.2, 0.25) is 5.60 Å². The molecule has 0 saturated carbocycles. The molecule has 2 aliphatic heterocycles. The van der Waals surface area contributed by atoms with Crippen LogP contribution in [0.5, 0.6) is 0 Å². The summed E-state index contributed by atoms with van der Waals surface area (Å²) in [6.07, 6.45) is -0.437. The lowest BCUT2D eigenvalue weighted by molar-refractivity contribution is -0.204. The van der Waals surface area contributed by atoms with Crippen molar-refractivity contribution in [2.24, 2.45) is 0 Å². The van der Waals surface area contributed by atoms with Crippen LogP contribution in [0.4, 0.5) is 5.82 Å². The fraction of sp³-hybridized carbons (Fsp3) is 0.500. The quantitative estimate of drug-likeness (QED) is 0.442. The Morgan fingerprint density at radius 3 is 2.54 bits per heavy atom. The molecule has 2 fully saturated rings. The van der Waals surface area contributed by atoms with E-state index < -0.39 is 38.0 Å². The Bertz CT molecular complexity index is 1430. The molecule has 3 aromatic rings. The number of benzene rings is 1. The maximum absolute atomic E-state index is 12.8. The van der Waals surface area contributed by atoms with Gasteiger partial charge in [0.1, 0.15) is 36.2 Å². The molecule has 0 aliphatic carbocycles. The molecule has 5 rings (SSSR count). The standard InChI is InChI=1S/C28H35N5O5Si/c1-26(2,3)39(6,7)35-15-20-22-23(38-27(4,5)37-22)28(16-29,36-20)21-14-13-19-24(30-17-31-33(19)21)32-25(34)18-11-9-8-10-12-18/h8-14,17,20,22-23H,15H2,1-7H3,(H,30,31,32,34)/t20-,22-,23-,28+/m1/s1. The van der Waals surface area contributed by atoms with Crippen molar-refractivity contribution in [2.75, 3.05) is 11.9 Å². The molecule has 10 nitrogen and oxygen atoms in total. The van der Waals surface area contributed by atoms with E-state index in [0.717, 1.165) is 0 Å². The largest absolute Gasteiger partial charge is 0.414 e. The van der Waals surface area contributed by atoms with Gasteiger partial charge in [0.25, 0.3) is 5.91 Å². The van der Waals surface area contributed by atoms with Crippen LogP contribution in [0.2, 0.25) is 18.1 Å². The first-order chi connectivity index (χ1) is 18.3. The van der Waals surface area contributed by atoms with Gasteiger partial charge in [-0.05, 0) is 56.2 Å². The lowest BCUT2D eigenvalue weighted by Gasteiger charge is -2.37. The third-order valence-electron chi connectivity index (χ3n) is 7.91. The van der Waals surface area contributed by atoms with E-state index in [1.165, 1.54) is 6.33 Å². The molecular weight excluding hydrogens is 514 g/mol. The topological polar surface area (TPSA) is 120 Å². The minimum atomic E-state index is -2.10. The second-order valence-electron chi connectivity index (χ2n) is 12.0. The number of fused-ring (bicyclic) bond motifs is 2. The van der Waals surface area contributed by atoms with Crippen LogP contribution in [0.25, 0.3) is 5.52 Å². The fourth-order valence-corrected chi connectivity index (χ4v) is 5.83. The number of hydrogen-bond donors (Lipinski definition) is 1. The first-order valence-corrected chi connectivity index (χ1v) is 16.0. The van der Waals surface area contributed by atoms with E-state index in [2.05, 4.69) is 55.3 Å². The number of aromatic nitrogens is 3. The zero-order valence-corrected chi connectivity index (χ0v) is 24.4. The van der Waals surface area contributed by atoms with Gasteiger partial charge in [0, 0.05) is 5.56 Å². The summed E-state index contributed by atoms with van der Waals surface area (Å²) in [5.74, 6) is -0.898. The van der Waals surface area contributed by atoms with E-state index >= 15 is 0 Å². The average molecular weight is 550 g/mol. The Balaban J connectivity index is 1.50. The van der Waals surface area contributed by atoms with Crippen LogP contribution in [-0.4, -0.2) is 59.5 Å². The van der Waals surface area contributed by atoms with Crippen molar-refractivity contribution in [3.05, 3.63) is 60.0 Å². The van der Waals surface area contributed by atoms with Gasteiger partial charge in [-0.25, -0.2) is 9.50 Å². The number of ether oxygens (including phenoxy) is 3. The van der Waals surface area contributed by atoms with Crippen molar-refractivity contribution in [1.29, 1.82) is 5.26 Å². The predicted molar refractivity (Wildman–Crippen MR) is 147 cm³/mol. The van der Waals surface area contributed by atoms with Crippen molar-refractivity contribution in [3.8, 4) is 6.07 Å². The van der Waals surface area contributed by atoms with Crippen molar-refractivity contribution in [1.82, 2.24) is 14.6 Å². The van der Waals surface area contributed by atoms with Crippen LogP contribution in [0.1, 0.15) is 50.7 Å². The minimum Gasteiger partial charge on any atom is -0.414 e. The zero-order valence-electron chi connectivity index (χ0n) is 23.4. The molecule has 4 heterocycles. The Hall–Kier alpha value is -3.14. The van der Waals surface area contributed by atoms with Gasteiger partial charge in [-0.3, -0.25) is 4.79 Å². The average Bonchev–Trinajstić information content (AvgIpc) is 3.53. The first kappa shape index (κ1) is 27.4. The monoisotopic (exact) mass is 549 g/mol. The van der Waals surface area contributed by atoms with Gasteiger partial charge in [0.15, 0.2) is 19.9 Å². The molecule has 2 aromatic heterocycles. The summed E-state index contributed by atoms with van der Waals surface area (Å²) in [7, 11) is -2.10. The van der Waals surface area contributed by atoms with E-state index in [9.17, 15) is 10.1 Å². The number of rotatable bonds is 6. The first-order valence-electron chi connectivity index (χ1n) is 13.1. The molecule has 206 valence electrons. The normalized spacial score (nSPS) is 26.4. The van der Waals surface area contributed by atoms with Crippen molar-refractivity contribution in [3.63, 3.8) is 0 Å². The number of carbonyl (C=O) groups is 1. The molecule has 0 radical (unpaired) electrons. The molecule has 1 amide bonds. The molecular formula is C28H35N5O5Si. The van der Waals surface area contributed by atoms with Crippen LogP contribution in [0.15, 0.2) is 48.8 Å². The Morgan fingerprint density at radius 1 is 1.15 bits per heavy atom. The highest BCUT2D eigenvalue weighted by Gasteiger charge is 2.65. The van der Waals surface area contributed by atoms with Crippen LogP contribution < -0.4 is 5.32 Å². The van der Waals surface area contributed by atoms with Crippen LogP contribution in [0.3, 0.4) is 0 Å². The second-order valence-corrected chi connectivity index (χ2v) is 16.8. The van der Waals surface area contributed by atoms with E-state index in [0.29, 0.717) is 22.6 Å². The minimum absolute atomic E-state index is 0.0128. The number of nitrogens with zero attached hydrogens (tertiary/aromatic N) is 4. The third kappa shape index (κ3) is 4.77. The lowest BCUT2D eigenvalue weighted by atomic mass is 9.92. The Labute approximate surface area is 229 Å². The summed E-state index contributed by atoms with van der Waals surface area (Å²) in [5.41, 5.74) is -0.0456. The highest BCUT2D eigenvalue weighted by Crippen LogP contribution is 2.50. The summed E-state index contributed by atoms with van der Waals surface area (Å²) in [6, 6.07) is 14.8. The molecule has 1 N–H and O–H groups in total. The number of anilines is 1. The molecule has 2 saturated heterocycles. The fourth-order valence-electron chi connectivity index (χ4n) is 4.82. The van der Waals surface area contributed by atoms with E-state index in [4.69, 9.17) is 18.6 Å². The van der Waals surface area contributed by atoms with Gasteiger partial charge < -0.3 is 24.0 Å². The van der Waals surface area contributed by atoms with Crippen LogP contribution in [-0.2, 0) is 24.2 Å². The number of hydrogen-bond acceptors (Lipinski definition) is 8. The number of nitriles is 1. The smallest absolute Gasteiger partial charge is 0.256 e. The molecule has 0 bridgehead atoms. The van der Waals surface area contributed by atoms with E-state index in [1.807, 2.05) is 19.9 Å². The van der Waals surface area contributed by atoms with Gasteiger partial charge in [0.05, 0.1) is 12.3 Å². The molecule has 11 heteroatoms. The van der Waals surface area contributed by atoms with Crippen LogP contribution >= 0.6 is 0 Å². The molecule has 4 atom stereocenters. The van der Waals surface area contributed by atoms with E-state index in [-0.39, 0.29) is 17.6 Å². The molecule has 0 spiro atoms. The highest BCUT2D eigenvalue weighted by molar-refractivity contribution is 6.74. The number of nitrogens with one attached hydrogen (secondary N) is 1. The van der Waals surface area contributed by atoms with Crippen molar-refractivity contribution >= 4 is 25.6 Å². The van der Waals surface area contributed by atoms with Gasteiger partial charge in [-0.2, -0.15) is 10.4 Å². The van der Waals surface area contributed by atoms with Crippen molar-refractivity contribution < 1.29 is 23.4 Å². The lowest BCUT2D eigenvalue weighted by Crippen LogP contribution is -2.44. The summed E-state index contributed by atoms with van der Waals surface area (Å²) in [5, 5.41) is 17.9. The van der Waals surface area contributed by atoms with Gasteiger partial charge in [-0.15, -0.1) is 0 Å². The van der Waals surface area contributed by atoms with Crippen LogP contribution in [0, 0.1) is 11.3 Å².